The molecule has 1 aliphatic rings. The highest BCUT2D eigenvalue weighted by Gasteiger charge is 2.25. The normalized spacial score (nSPS) is 13.2. The number of carbonyl (C=O) groups excluding carboxylic acids is 3. The number of methoxy groups -OCH3 is 1. The first kappa shape index (κ1) is 32.3. The van der Waals surface area contributed by atoms with Gasteiger partial charge < -0.3 is 30.1 Å². The van der Waals surface area contributed by atoms with Crippen LogP contribution < -0.4 is 15.5 Å². The van der Waals surface area contributed by atoms with Crippen LogP contribution >= 0.6 is 0 Å². The number of carboxylic acid groups (broad SMARTS) is 1. The molecule has 0 fully saturated rings. The van der Waals surface area contributed by atoms with E-state index in [1.54, 1.807) is 0 Å². The number of anilines is 1. The Morgan fingerprint density at radius 1 is 1.07 bits per heavy atom. The Morgan fingerprint density at radius 2 is 1.86 bits per heavy atom. The van der Waals surface area contributed by atoms with Crippen LogP contribution in [0.1, 0.15) is 49.4 Å². The third-order valence-electron chi connectivity index (χ3n) is 7.01. The molecule has 1 atom stereocenters. The van der Waals surface area contributed by atoms with Gasteiger partial charge in [-0.25, -0.2) is 19.4 Å². The second-order valence-corrected chi connectivity index (χ2v) is 10.2. The van der Waals surface area contributed by atoms with E-state index < -0.39 is 24.2 Å². The average molecular weight is 584 g/mol. The Hall–Kier alpha value is -4.19. The zero-order valence-corrected chi connectivity index (χ0v) is 24.3. The number of ether oxygens (including phenoxy) is 2. The molecule has 0 saturated heterocycles. The zero-order chi connectivity index (χ0) is 30.3. The molecule has 12 nitrogen and oxygen atoms in total. The van der Waals surface area contributed by atoms with E-state index >= 15 is 0 Å². The maximum Gasteiger partial charge on any atom is 0.413 e. The molecule has 3 amide bonds. The van der Waals surface area contributed by atoms with Crippen molar-refractivity contribution in [2.75, 3.05) is 44.7 Å². The van der Waals surface area contributed by atoms with Crippen LogP contribution in [-0.2, 0) is 38.5 Å². The van der Waals surface area contributed by atoms with Crippen molar-refractivity contribution in [1.29, 1.82) is 0 Å². The van der Waals surface area contributed by atoms with Crippen LogP contribution in [0.25, 0.3) is 0 Å². The van der Waals surface area contributed by atoms with E-state index in [9.17, 15) is 24.3 Å². The summed E-state index contributed by atoms with van der Waals surface area (Å²) in [6, 6.07) is 12.3. The first-order chi connectivity index (χ1) is 20.3. The molecule has 228 valence electrons. The summed E-state index contributed by atoms with van der Waals surface area (Å²) >= 11 is 0. The Balaban J connectivity index is 1.52. The van der Waals surface area contributed by atoms with Gasteiger partial charge in [0, 0.05) is 38.8 Å². The van der Waals surface area contributed by atoms with E-state index in [4.69, 9.17) is 9.47 Å². The number of unbranched alkanes of at least 4 members (excludes halogenated alkanes) is 1. The number of nitrogens with one attached hydrogen (secondary N) is 2. The Morgan fingerprint density at radius 3 is 2.57 bits per heavy atom. The summed E-state index contributed by atoms with van der Waals surface area (Å²) in [7, 11) is 1.27. The fourth-order valence-corrected chi connectivity index (χ4v) is 4.78. The number of esters is 1. The number of benzene rings is 1. The maximum atomic E-state index is 12.4. The van der Waals surface area contributed by atoms with Crippen molar-refractivity contribution in [1.82, 2.24) is 20.5 Å². The molecule has 2 aromatic rings. The first-order valence-electron chi connectivity index (χ1n) is 14.3. The van der Waals surface area contributed by atoms with Crippen LogP contribution in [0, 0.1) is 0 Å². The van der Waals surface area contributed by atoms with Crippen molar-refractivity contribution >= 4 is 29.9 Å². The smallest absolute Gasteiger partial charge is 0.413 e. The van der Waals surface area contributed by atoms with Gasteiger partial charge in [0.15, 0.2) is 0 Å². The predicted molar refractivity (Wildman–Crippen MR) is 156 cm³/mol. The van der Waals surface area contributed by atoms with Crippen LogP contribution in [-0.4, -0.2) is 84.9 Å². The standard InChI is InChI=1S/C30H41N5O7/c1-22(36)31-16-20-34(17-7-6-12-25-14-13-24-11-8-18-35(30(39)40)27(24)32-25)19-15-26(28(37)41-2)33-29(38)42-21-23-9-4-3-5-10-23/h3-5,9-10,13-14,26H,6-8,11-12,15-21H2,1-2H3,(H,31,36)(H,33,38)(H,39,40). The summed E-state index contributed by atoms with van der Waals surface area (Å²) < 4.78 is 10.2. The van der Waals surface area contributed by atoms with Gasteiger partial charge in [-0.15, -0.1) is 0 Å². The van der Waals surface area contributed by atoms with Crippen LogP contribution in [0.15, 0.2) is 42.5 Å². The summed E-state index contributed by atoms with van der Waals surface area (Å²) in [6.07, 6.45) is 2.54. The van der Waals surface area contributed by atoms with E-state index in [1.165, 1.54) is 18.9 Å². The van der Waals surface area contributed by atoms with Crippen LogP contribution in [0.4, 0.5) is 15.4 Å². The number of aryl methyl sites for hydroxylation is 2. The van der Waals surface area contributed by atoms with Crippen molar-refractivity contribution < 1.29 is 33.8 Å². The van der Waals surface area contributed by atoms with Gasteiger partial charge in [-0.1, -0.05) is 36.4 Å². The SMILES string of the molecule is COC(=O)C(CCN(CCCCc1ccc2c(n1)N(C(=O)O)CCC2)CCNC(C)=O)NC(=O)OCc1ccccc1. The molecule has 1 aliphatic heterocycles. The molecule has 0 radical (unpaired) electrons. The van der Waals surface area contributed by atoms with E-state index in [0.29, 0.717) is 51.4 Å². The van der Waals surface area contributed by atoms with E-state index in [-0.39, 0.29) is 12.5 Å². The quantitative estimate of drug-likeness (QED) is 0.212. The number of carbonyl (C=O) groups is 4. The zero-order valence-electron chi connectivity index (χ0n) is 24.3. The maximum absolute atomic E-state index is 12.4. The average Bonchev–Trinajstić information content (AvgIpc) is 2.99. The topological polar surface area (TPSA) is 150 Å². The molecule has 0 bridgehead atoms. The van der Waals surface area contributed by atoms with Gasteiger partial charge in [0.1, 0.15) is 18.5 Å². The number of amides is 3. The third-order valence-corrected chi connectivity index (χ3v) is 7.01. The molecule has 3 rings (SSSR count). The fourth-order valence-electron chi connectivity index (χ4n) is 4.78. The van der Waals surface area contributed by atoms with Gasteiger partial charge in [0.25, 0.3) is 0 Å². The highest BCUT2D eigenvalue weighted by Crippen LogP contribution is 2.25. The van der Waals surface area contributed by atoms with Gasteiger partial charge in [-0.3, -0.25) is 9.69 Å². The first-order valence-corrected chi connectivity index (χ1v) is 14.3. The number of pyridine rings is 1. The van der Waals surface area contributed by atoms with Crippen molar-refractivity contribution in [3.63, 3.8) is 0 Å². The fraction of sp³-hybridized carbons (Fsp3) is 0.500. The second-order valence-electron chi connectivity index (χ2n) is 10.2. The van der Waals surface area contributed by atoms with Gasteiger partial charge in [-0.05, 0) is 62.3 Å². The van der Waals surface area contributed by atoms with Crippen molar-refractivity contribution in [2.24, 2.45) is 0 Å². The molecule has 1 aromatic carbocycles. The Labute approximate surface area is 246 Å². The molecule has 3 N–H and O–H groups in total. The summed E-state index contributed by atoms with van der Waals surface area (Å²) in [6.45, 7) is 4.17. The number of nitrogens with zero attached hydrogens (tertiary/aromatic N) is 3. The lowest BCUT2D eigenvalue weighted by Crippen LogP contribution is -2.44. The molecule has 1 unspecified atom stereocenters. The van der Waals surface area contributed by atoms with Crippen molar-refractivity contribution in [3.05, 3.63) is 59.3 Å². The van der Waals surface area contributed by atoms with Gasteiger partial charge in [0.05, 0.1) is 7.11 Å². The highest BCUT2D eigenvalue weighted by atomic mass is 16.6. The van der Waals surface area contributed by atoms with Crippen LogP contribution in [0.3, 0.4) is 0 Å². The highest BCUT2D eigenvalue weighted by molar-refractivity contribution is 5.86. The summed E-state index contributed by atoms with van der Waals surface area (Å²) in [5.74, 6) is -0.159. The van der Waals surface area contributed by atoms with E-state index in [1.807, 2.05) is 42.5 Å². The lowest BCUT2D eigenvalue weighted by molar-refractivity contribution is -0.143. The summed E-state index contributed by atoms with van der Waals surface area (Å²) in [5.41, 5.74) is 2.63. The molecule has 12 heteroatoms. The molecule has 0 saturated carbocycles. The minimum absolute atomic E-state index is 0.0802. The van der Waals surface area contributed by atoms with Gasteiger partial charge in [-0.2, -0.15) is 0 Å². The van der Waals surface area contributed by atoms with Crippen LogP contribution in [0.5, 0.6) is 0 Å². The minimum atomic E-state index is -0.986. The van der Waals surface area contributed by atoms with Crippen molar-refractivity contribution in [2.45, 2.75) is 58.1 Å². The van der Waals surface area contributed by atoms with Gasteiger partial charge in [0.2, 0.25) is 5.91 Å². The lowest BCUT2D eigenvalue weighted by Gasteiger charge is -2.26. The predicted octanol–water partition coefficient (Wildman–Crippen LogP) is 3.13. The molecule has 42 heavy (non-hydrogen) atoms. The van der Waals surface area contributed by atoms with E-state index in [2.05, 4.69) is 20.5 Å². The number of rotatable bonds is 15. The Bertz CT molecular complexity index is 1190. The second kappa shape index (κ2) is 16.9. The number of fused-ring (bicyclic) bond motifs is 1. The molecule has 0 spiro atoms. The number of aromatic nitrogens is 1. The summed E-state index contributed by atoms with van der Waals surface area (Å²) in [5, 5.41) is 14.9. The molecular weight excluding hydrogens is 542 g/mol. The number of hydrogen-bond donors (Lipinski definition) is 3. The molecule has 0 aliphatic carbocycles. The van der Waals surface area contributed by atoms with Crippen molar-refractivity contribution in [3.8, 4) is 0 Å². The summed E-state index contributed by atoms with van der Waals surface area (Å²) in [4.78, 5) is 55.9. The third kappa shape index (κ3) is 10.7. The molecule has 2 heterocycles. The monoisotopic (exact) mass is 583 g/mol. The molecule has 1 aromatic heterocycles. The van der Waals surface area contributed by atoms with Gasteiger partial charge >= 0.3 is 18.2 Å². The Kier molecular flexibility index (Phi) is 13.0. The lowest BCUT2D eigenvalue weighted by atomic mass is 10.0. The van der Waals surface area contributed by atoms with E-state index in [0.717, 1.165) is 42.5 Å². The van der Waals surface area contributed by atoms with Crippen LogP contribution in [0.2, 0.25) is 0 Å². The molecular formula is C30H41N5O7. The largest absolute Gasteiger partial charge is 0.467 e. The number of alkyl carbamates (subject to hydrolysis) is 1. The minimum Gasteiger partial charge on any atom is -0.467 e. The number of hydrogen-bond acceptors (Lipinski definition) is 8.